The van der Waals surface area contributed by atoms with Crippen molar-refractivity contribution in [2.24, 2.45) is 0 Å². The van der Waals surface area contributed by atoms with Crippen molar-refractivity contribution >= 4 is 91.4 Å². The van der Waals surface area contributed by atoms with Crippen molar-refractivity contribution in [1.29, 1.82) is 0 Å². The molecule has 2 aromatic rings. The first kappa shape index (κ1) is 34.8. The average molecular weight is 700 g/mol. The van der Waals surface area contributed by atoms with Crippen LogP contribution in [0.2, 0.25) is 0 Å². The summed E-state index contributed by atoms with van der Waals surface area (Å²) in [7, 11) is 0. The van der Waals surface area contributed by atoms with E-state index in [-0.39, 0.29) is 114 Å². The van der Waals surface area contributed by atoms with Gasteiger partial charge in [0, 0.05) is 26.2 Å². The molecule has 1 aliphatic rings. The van der Waals surface area contributed by atoms with Gasteiger partial charge in [-0.2, -0.15) is 0 Å². The van der Waals surface area contributed by atoms with Crippen LogP contribution in [0.4, 0.5) is 0 Å². The molecule has 0 bridgehead atoms. The molecule has 0 aliphatic heterocycles. The van der Waals surface area contributed by atoms with Crippen LogP contribution < -0.4 is 3.27 Å². The van der Waals surface area contributed by atoms with Crippen LogP contribution in [-0.2, 0) is 57.3 Å². The fraction of sp³-hybridized carbons (Fsp3) is 0.0769. The van der Waals surface area contributed by atoms with E-state index < -0.39 is 0 Å². The predicted molar refractivity (Wildman–Crippen MR) is 107 cm³/mol. The third-order valence-corrected chi connectivity index (χ3v) is 4.00. The second kappa shape index (κ2) is 16.0. The summed E-state index contributed by atoms with van der Waals surface area (Å²) >= 11 is 1.52. The molecule has 0 aromatic heterocycles. The van der Waals surface area contributed by atoms with Crippen molar-refractivity contribution in [3.8, 4) is 11.1 Å². The number of rotatable bonds is 0. The molecule has 0 amide bonds. The Bertz CT molecular complexity index is 528. The van der Waals surface area contributed by atoms with E-state index in [2.05, 4.69) is 42.5 Å². The summed E-state index contributed by atoms with van der Waals surface area (Å²) in [6.45, 7) is 0. The zero-order valence-corrected chi connectivity index (χ0v) is 23.2. The summed E-state index contributed by atoms with van der Waals surface area (Å²) in [4.78, 5) is 0. The molecule has 0 saturated carbocycles. The molecule has 1 aliphatic carbocycles. The third kappa shape index (κ3) is 7.51. The van der Waals surface area contributed by atoms with Gasteiger partial charge in [0.05, 0.1) is 0 Å². The Morgan fingerprint density at radius 1 is 0.714 bits per heavy atom. The van der Waals surface area contributed by atoms with Crippen LogP contribution in [0.5, 0.6) is 0 Å². The first-order chi connectivity index (χ1) is 6.86. The van der Waals surface area contributed by atoms with Crippen molar-refractivity contribution in [3.05, 3.63) is 53.6 Å². The van der Waals surface area contributed by atoms with Crippen LogP contribution in [0.1, 0.15) is 11.1 Å². The number of fused-ring (bicyclic) bond motifs is 3. The maximum atomic E-state index is 2.24. The Labute approximate surface area is 210 Å². The fourth-order valence-electron chi connectivity index (χ4n) is 2.16. The van der Waals surface area contributed by atoms with E-state index in [4.69, 9.17) is 0 Å². The van der Waals surface area contributed by atoms with Gasteiger partial charge < -0.3 is 0 Å². The molecule has 0 radical (unpaired) electrons. The predicted octanol–water partition coefficient (Wildman–Crippen LogP) is 5.43. The molecule has 2 aromatic carbocycles. The number of hydrogen-bond acceptors (Lipinski definition) is 0. The van der Waals surface area contributed by atoms with Gasteiger partial charge in [-0.25, -0.2) is 0 Å². The number of hydrogen-bond donors (Lipinski definition) is 0. The molecule has 8 heteroatoms. The van der Waals surface area contributed by atoms with Crippen molar-refractivity contribution in [3.63, 3.8) is 0 Å². The summed E-state index contributed by atoms with van der Waals surface area (Å²) < 4.78 is 1.51. The molecule has 0 N–H and O–H groups in total. The Kier molecular flexibility index (Phi) is 26.5. The molecule has 117 valence electrons. The Balaban J connectivity index is -0.000000122. The minimum absolute atomic E-state index is 0. The summed E-state index contributed by atoms with van der Waals surface area (Å²) in [5, 5.41) is 0. The van der Waals surface area contributed by atoms with Crippen molar-refractivity contribution in [2.75, 3.05) is 0 Å². The summed E-state index contributed by atoms with van der Waals surface area (Å²) in [5.41, 5.74) is 5.92. The fourth-order valence-corrected chi connectivity index (χ4v) is 2.94. The molecule has 3 rings (SSSR count). The second-order valence-electron chi connectivity index (χ2n) is 3.67. The van der Waals surface area contributed by atoms with Crippen LogP contribution in [0, 0.1) is 0 Å². The molecular formula is C13H15Br3Cl3Zr2. The zero-order valence-electron chi connectivity index (χ0n) is 10.7. The Hall–Kier alpha value is 2.52. The SMILES string of the molecule is Br.Br.Br.Cl.Cl.Cl.[Zr].[Zr][c]1cccc2c1Cc1ccccc1-2. The van der Waals surface area contributed by atoms with Crippen LogP contribution in [-0.4, -0.2) is 0 Å². The first-order valence-electron chi connectivity index (χ1n) is 4.78. The van der Waals surface area contributed by atoms with Gasteiger partial charge in [-0.05, 0) is 0 Å². The van der Waals surface area contributed by atoms with Crippen molar-refractivity contribution in [2.45, 2.75) is 6.42 Å². The second-order valence-corrected chi connectivity index (χ2v) is 4.99. The first-order valence-corrected chi connectivity index (χ1v) is 6.01. The van der Waals surface area contributed by atoms with Gasteiger partial charge in [0.15, 0.2) is 0 Å². The van der Waals surface area contributed by atoms with Gasteiger partial charge in [0.1, 0.15) is 0 Å². The molecule has 0 heterocycles. The molecular weight excluding hydrogens is 685 g/mol. The molecule has 0 saturated heterocycles. The number of halogens is 6. The number of benzene rings is 2. The monoisotopic (exact) mass is 693 g/mol. The summed E-state index contributed by atoms with van der Waals surface area (Å²) in [6, 6.07) is 15.4. The molecule has 0 unspecified atom stereocenters. The van der Waals surface area contributed by atoms with Gasteiger partial charge in [-0.3, -0.25) is 0 Å². The van der Waals surface area contributed by atoms with Gasteiger partial charge in [-0.15, -0.1) is 88.2 Å². The quantitative estimate of drug-likeness (QED) is 0.294. The van der Waals surface area contributed by atoms with Crippen LogP contribution in [0.25, 0.3) is 11.1 Å². The maximum absolute atomic E-state index is 2.24. The van der Waals surface area contributed by atoms with Crippen LogP contribution in [0.15, 0.2) is 42.5 Å². The molecule has 0 atom stereocenters. The molecule has 0 fully saturated rings. The van der Waals surface area contributed by atoms with Crippen LogP contribution in [0.3, 0.4) is 0 Å². The standard InChI is InChI=1S/C13H9.3BrH.3ClH.2Zr/c1-3-7-12-10(5-1)9-11-6-2-4-8-13(11)12;;;;;;;;/h1-5,7-8H,9H2;6*1H;;. The Morgan fingerprint density at radius 2 is 1.24 bits per heavy atom. The van der Waals surface area contributed by atoms with Crippen molar-refractivity contribution in [1.82, 2.24) is 0 Å². The molecule has 0 nitrogen and oxygen atoms in total. The zero-order chi connectivity index (χ0) is 9.54. The van der Waals surface area contributed by atoms with E-state index in [9.17, 15) is 0 Å². The Morgan fingerprint density at radius 3 is 1.86 bits per heavy atom. The van der Waals surface area contributed by atoms with E-state index in [0.29, 0.717) is 0 Å². The molecule has 21 heavy (non-hydrogen) atoms. The summed E-state index contributed by atoms with van der Waals surface area (Å²) in [5.74, 6) is 0. The third-order valence-electron chi connectivity index (χ3n) is 2.85. The van der Waals surface area contributed by atoms with Gasteiger partial charge in [0.2, 0.25) is 0 Å². The van der Waals surface area contributed by atoms with E-state index in [1.165, 1.54) is 44.7 Å². The van der Waals surface area contributed by atoms with Gasteiger partial charge in [0.25, 0.3) is 0 Å². The van der Waals surface area contributed by atoms with Gasteiger partial charge in [-0.1, -0.05) is 0 Å². The van der Waals surface area contributed by atoms with E-state index in [1.807, 2.05) is 0 Å². The van der Waals surface area contributed by atoms with E-state index in [1.54, 1.807) is 5.56 Å². The molecule has 0 spiro atoms. The summed E-state index contributed by atoms with van der Waals surface area (Å²) in [6.07, 6.45) is 1.13. The minimum atomic E-state index is 0. The van der Waals surface area contributed by atoms with E-state index in [0.717, 1.165) is 6.42 Å². The van der Waals surface area contributed by atoms with Crippen LogP contribution >= 0.6 is 88.2 Å². The van der Waals surface area contributed by atoms with Crippen molar-refractivity contribution < 1.29 is 50.9 Å². The van der Waals surface area contributed by atoms with Gasteiger partial charge >= 0.3 is 99.1 Å². The normalized spacial score (nSPS) is 8.14. The topological polar surface area (TPSA) is 0 Å². The van der Waals surface area contributed by atoms with E-state index >= 15 is 0 Å². The average Bonchev–Trinajstić information content (AvgIpc) is 2.59.